The van der Waals surface area contributed by atoms with Gasteiger partial charge in [-0.25, -0.2) is 0 Å². The van der Waals surface area contributed by atoms with Crippen molar-refractivity contribution in [1.82, 2.24) is 10.6 Å². The molecule has 0 aromatic carbocycles. The molecule has 3 N–H and O–H groups in total. The van der Waals surface area contributed by atoms with Crippen LogP contribution in [0.2, 0.25) is 0 Å². The van der Waals surface area contributed by atoms with Crippen LogP contribution in [0.3, 0.4) is 0 Å². The van der Waals surface area contributed by atoms with E-state index in [0.29, 0.717) is 24.6 Å². The van der Waals surface area contributed by atoms with Crippen LogP contribution in [0.25, 0.3) is 0 Å². The van der Waals surface area contributed by atoms with Gasteiger partial charge in [-0.05, 0) is 18.8 Å². The third kappa shape index (κ3) is 9.66. The summed E-state index contributed by atoms with van der Waals surface area (Å²) < 4.78 is 0. The van der Waals surface area contributed by atoms with Gasteiger partial charge >= 0.3 is 5.97 Å². The topological polar surface area (TPSA) is 95.5 Å². The predicted molar refractivity (Wildman–Crippen MR) is 79.7 cm³/mol. The van der Waals surface area contributed by atoms with Gasteiger partial charge in [-0.15, -0.1) is 0 Å². The highest BCUT2D eigenvalue weighted by atomic mass is 32.1. The summed E-state index contributed by atoms with van der Waals surface area (Å²) >= 11 is 4.15. The van der Waals surface area contributed by atoms with Crippen LogP contribution in [-0.4, -0.2) is 41.7 Å². The fourth-order valence-electron chi connectivity index (χ4n) is 1.68. The Morgan fingerprint density at radius 2 is 1.85 bits per heavy atom. The number of carboxylic acids is 1. The summed E-state index contributed by atoms with van der Waals surface area (Å²) in [7, 11) is 0. The van der Waals surface area contributed by atoms with Crippen molar-refractivity contribution < 1.29 is 19.5 Å². The van der Waals surface area contributed by atoms with Crippen molar-refractivity contribution in [2.24, 2.45) is 11.8 Å². The van der Waals surface area contributed by atoms with E-state index in [-0.39, 0.29) is 30.7 Å². The lowest BCUT2D eigenvalue weighted by Crippen LogP contribution is -2.40. The number of nitrogens with one attached hydrogen (secondary N) is 2. The Balaban J connectivity index is 3.86. The zero-order valence-corrected chi connectivity index (χ0v) is 12.9. The average molecular weight is 304 g/mol. The second kappa shape index (κ2) is 10.5. The first kappa shape index (κ1) is 18.8. The van der Waals surface area contributed by atoms with Gasteiger partial charge in [-0.2, -0.15) is 12.6 Å². The van der Waals surface area contributed by atoms with Gasteiger partial charge in [0, 0.05) is 24.6 Å². The first-order valence-corrected chi connectivity index (χ1v) is 7.37. The van der Waals surface area contributed by atoms with E-state index in [4.69, 9.17) is 5.11 Å². The van der Waals surface area contributed by atoms with E-state index in [1.165, 1.54) is 0 Å². The van der Waals surface area contributed by atoms with Crippen LogP contribution in [0.5, 0.6) is 0 Å². The van der Waals surface area contributed by atoms with Crippen LogP contribution in [-0.2, 0) is 14.4 Å². The number of hydrogen-bond donors (Lipinski definition) is 4. The maximum Gasteiger partial charge on any atom is 0.303 e. The standard InChI is InChI=1S/C13H24N2O4S/c1-9(2)6-10(8-20)13(19)15-7-11(16)14-5-3-4-12(17)18/h9-10,20H,3-8H2,1-2H3,(H,14,16)(H,15,19)(H,17,18). The molecule has 0 aromatic heterocycles. The van der Waals surface area contributed by atoms with Crippen molar-refractivity contribution in [3.63, 3.8) is 0 Å². The van der Waals surface area contributed by atoms with Crippen LogP contribution in [0.4, 0.5) is 0 Å². The molecule has 116 valence electrons. The largest absolute Gasteiger partial charge is 0.481 e. The molecule has 7 heteroatoms. The highest BCUT2D eigenvalue weighted by Gasteiger charge is 2.18. The fourth-order valence-corrected chi connectivity index (χ4v) is 1.99. The zero-order chi connectivity index (χ0) is 15.5. The van der Waals surface area contributed by atoms with Crippen LogP contribution in [0.1, 0.15) is 33.1 Å². The van der Waals surface area contributed by atoms with Gasteiger partial charge in [0.25, 0.3) is 0 Å². The normalized spacial score (nSPS) is 12.0. The number of amides is 2. The van der Waals surface area contributed by atoms with E-state index in [1.54, 1.807) is 0 Å². The van der Waals surface area contributed by atoms with E-state index >= 15 is 0 Å². The van der Waals surface area contributed by atoms with Gasteiger partial charge in [0.05, 0.1) is 6.54 Å². The summed E-state index contributed by atoms with van der Waals surface area (Å²) in [6.07, 6.45) is 1.12. The molecule has 1 unspecified atom stereocenters. The summed E-state index contributed by atoms with van der Waals surface area (Å²) in [5.41, 5.74) is 0. The predicted octanol–water partition coefficient (Wildman–Crippen LogP) is 0.676. The summed E-state index contributed by atoms with van der Waals surface area (Å²) in [6.45, 7) is 4.26. The number of hydrogen-bond acceptors (Lipinski definition) is 4. The SMILES string of the molecule is CC(C)CC(CS)C(=O)NCC(=O)NCCCC(=O)O. The Labute approximate surface area is 125 Å². The van der Waals surface area contributed by atoms with Crippen LogP contribution < -0.4 is 10.6 Å². The Hall–Kier alpha value is -1.24. The van der Waals surface area contributed by atoms with Crippen molar-refractivity contribution in [3.8, 4) is 0 Å². The maximum atomic E-state index is 11.8. The fraction of sp³-hybridized carbons (Fsp3) is 0.769. The molecule has 0 spiro atoms. The molecule has 0 saturated carbocycles. The van der Waals surface area contributed by atoms with E-state index in [2.05, 4.69) is 23.3 Å². The van der Waals surface area contributed by atoms with Gasteiger partial charge in [-0.3, -0.25) is 14.4 Å². The summed E-state index contributed by atoms with van der Waals surface area (Å²) in [4.78, 5) is 33.5. The number of rotatable bonds is 10. The van der Waals surface area contributed by atoms with E-state index < -0.39 is 5.97 Å². The molecule has 0 radical (unpaired) electrons. The molecule has 0 rings (SSSR count). The Kier molecular flexibility index (Phi) is 9.88. The van der Waals surface area contributed by atoms with Crippen molar-refractivity contribution in [3.05, 3.63) is 0 Å². The third-order valence-electron chi connectivity index (χ3n) is 2.66. The highest BCUT2D eigenvalue weighted by molar-refractivity contribution is 7.80. The zero-order valence-electron chi connectivity index (χ0n) is 12.0. The number of aliphatic carboxylic acids is 1. The van der Waals surface area contributed by atoms with E-state index in [9.17, 15) is 14.4 Å². The second-order valence-electron chi connectivity index (χ2n) is 5.07. The minimum atomic E-state index is -0.891. The molecule has 0 aliphatic heterocycles. The van der Waals surface area contributed by atoms with Crippen LogP contribution in [0.15, 0.2) is 0 Å². The maximum absolute atomic E-state index is 11.8. The van der Waals surface area contributed by atoms with E-state index in [1.807, 2.05) is 13.8 Å². The molecular formula is C13H24N2O4S. The molecule has 2 amide bonds. The number of carbonyl (C=O) groups excluding carboxylic acids is 2. The van der Waals surface area contributed by atoms with Crippen molar-refractivity contribution in [2.45, 2.75) is 33.1 Å². The first-order chi connectivity index (χ1) is 9.36. The van der Waals surface area contributed by atoms with Crippen molar-refractivity contribution in [2.75, 3.05) is 18.8 Å². The van der Waals surface area contributed by atoms with Gasteiger partial charge in [-0.1, -0.05) is 13.8 Å². The smallest absolute Gasteiger partial charge is 0.303 e. The number of thiol groups is 1. The molecule has 0 aromatic rings. The quantitative estimate of drug-likeness (QED) is 0.352. The van der Waals surface area contributed by atoms with Gasteiger partial charge in [0.2, 0.25) is 11.8 Å². The molecule has 6 nitrogen and oxygen atoms in total. The Morgan fingerprint density at radius 3 is 2.35 bits per heavy atom. The molecule has 0 fully saturated rings. The van der Waals surface area contributed by atoms with E-state index in [0.717, 1.165) is 6.42 Å². The van der Waals surface area contributed by atoms with Crippen molar-refractivity contribution in [1.29, 1.82) is 0 Å². The minimum Gasteiger partial charge on any atom is -0.481 e. The lowest BCUT2D eigenvalue weighted by Gasteiger charge is -2.16. The molecule has 0 aliphatic rings. The molecule has 20 heavy (non-hydrogen) atoms. The number of carbonyl (C=O) groups is 3. The minimum absolute atomic E-state index is 0.0166. The summed E-state index contributed by atoms with van der Waals surface area (Å²) in [5, 5.41) is 13.6. The van der Waals surface area contributed by atoms with Crippen LogP contribution in [0, 0.1) is 11.8 Å². The lowest BCUT2D eigenvalue weighted by molar-refractivity contribution is -0.137. The number of carboxylic acid groups (broad SMARTS) is 1. The molecule has 0 heterocycles. The summed E-state index contributed by atoms with van der Waals surface area (Å²) in [5.74, 6) is -0.733. The van der Waals surface area contributed by atoms with Crippen LogP contribution >= 0.6 is 12.6 Å². The first-order valence-electron chi connectivity index (χ1n) is 6.73. The molecule has 0 bridgehead atoms. The monoisotopic (exact) mass is 304 g/mol. The van der Waals surface area contributed by atoms with Gasteiger partial charge < -0.3 is 15.7 Å². The average Bonchev–Trinajstić information content (AvgIpc) is 2.37. The molecule has 0 saturated heterocycles. The van der Waals surface area contributed by atoms with Gasteiger partial charge in [0.15, 0.2) is 0 Å². The molecular weight excluding hydrogens is 280 g/mol. The molecule has 0 aliphatic carbocycles. The Morgan fingerprint density at radius 1 is 1.20 bits per heavy atom. The Bertz CT molecular complexity index is 334. The van der Waals surface area contributed by atoms with Crippen molar-refractivity contribution >= 4 is 30.4 Å². The third-order valence-corrected chi connectivity index (χ3v) is 3.10. The second-order valence-corrected chi connectivity index (χ2v) is 5.44. The summed E-state index contributed by atoms with van der Waals surface area (Å²) in [6, 6.07) is 0. The highest BCUT2D eigenvalue weighted by Crippen LogP contribution is 2.13. The molecule has 1 atom stereocenters. The lowest BCUT2D eigenvalue weighted by atomic mass is 9.98. The van der Waals surface area contributed by atoms with Gasteiger partial charge in [0.1, 0.15) is 0 Å².